The minimum Gasteiger partial charge on any atom is -0.481 e. The highest BCUT2D eigenvalue weighted by atomic mass is 35.5. The van der Waals surface area contributed by atoms with Gasteiger partial charge in [0.05, 0.1) is 22.3 Å². The van der Waals surface area contributed by atoms with Crippen molar-refractivity contribution in [1.82, 2.24) is 0 Å². The van der Waals surface area contributed by atoms with E-state index in [9.17, 15) is 14.9 Å². The number of nitrogens with zero attached hydrogens (tertiary/aromatic N) is 1. The fourth-order valence-corrected chi connectivity index (χ4v) is 2.51. The van der Waals surface area contributed by atoms with Crippen LogP contribution in [0.1, 0.15) is 12.5 Å². The van der Waals surface area contributed by atoms with Gasteiger partial charge in [0, 0.05) is 5.56 Å². The number of esters is 1. The Balaban J connectivity index is 2.22. The minimum absolute atomic E-state index is 0.174. The lowest BCUT2D eigenvalue weighted by Gasteiger charge is -2.10. The molecule has 0 spiro atoms. The zero-order chi connectivity index (χ0) is 20.5. The summed E-state index contributed by atoms with van der Waals surface area (Å²) >= 11 is 12.0. The number of nitrogens with one attached hydrogen (secondary N) is 1. The standard InChI is InChI=1S/C20H16Cl2N2O4/c1-2-27-18(25)12-28-17-9-4-3-6-13(17)10-14(11-23)20(26)24-16-8-5-7-15(21)19(16)22/h3-10H,2,12H2,1H3,(H,24,26)/b14-10-. The highest BCUT2D eigenvalue weighted by Gasteiger charge is 2.14. The topological polar surface area (TPSA) is 88.4 Å². The second kappa shape index (κ2) is 10.4. The summed E-state index contributed by atoms with van der Waals surface area (Å²) in [5.41, 5.74) is 0.561. The van der Waals surface area contributed by atoms with Crippen LogP contribution in [0.15, 0.2) is 48.0 Å². The average molecular weight is 419 g/mol. The van der Waals surface area contributed by atoms with Gasteiger partial charge in [-0.3, -0.25) is 4.79 Å². The zero-order valence-corrected chi connectivity index (χ0v) is 16.4. The molecule has 28 heavy (non-hydrogen) atoms. The van der Waals surface area contributed by atoms with Crippen molar-refractivity contribution < 1.29 is 19.1 Å². The molecule has 144 valence electrons. The first-order chi connectivity index (χ1) is 13.5. The van der Waals surface area contributed by atoms with Crippen LogP contribution in [0.5, 0.6) is 5.75 Å². The molecule has 2 rings (SSSR count). The predicted molar refractivity (Wildman–Crippen MR) is 107 cm³/mol. The van der Waals surface area contributed by atoms with Gasteiger partial charge in [-0.15, -0.1) is 0 Å². The van der Waals surface area contributed by atoms with Crippen molar-refractivity contribution in [3.8, 4) is 11.8 Å². The van der Waals surface area contributed by atoms with E-state index in [-0.39, 0.29) is 34.5 Å². The molecule has 0 radical (unpaired) electrons. The second-order valence-corrected chi connectivity index (χ2v) is 6.14. The molecule has 2 aromatic rings. The summed E-state index contributed by atoms with van der Waals surface area (Å²) in [4.78, 5) is 23.9. The summed E-state index contributed by atoms with van der Waals surface area (Å²) in [7, 11) is 0. The van der Waals surface area contributed by atoms with E-state index in [0.717, 1.165) is 0 Å². The third kappa shape index (κ3) is 5.74. The minimum atomic E-state index is -0.660. The molecule has 0 fully saturated rings. The third-order valence-electron chi connectivity index (χ3n) is 3.43. The summed E-state index contributed by atoms with van der Waals surface area (Å²) in [6.45, 7) is 1.65. The molecule has 0 aliphatic carbocycles. The highest BCUT2D eigenvalue weighted by molar-refractivity contribution is 6.44. The average Bonchev–Trinajstić information content (AvgIpc) is 2.69. The summed E-state index contributed by atoms with van der Waals surface area (Å²) in [6.07, 6.45) is 1.36. The number of hydrogen-bond acceptors (Lipinski definition) is 5. The fraction of sp³-hybridized carbons (Fsp3) is 0.150. The molecule has 0 saturated heterocycles. The number of nitriles is 1. The van der Waals surface area contributed by atoms with Gasteiger partial charge < -0.3 is 14.8 Å². The van der Waals surface area contributed by atoms with Crippen LogP contribution in [-0.2, 0) is 14.3 Å². The maximum absolute atomic E-state index is 12.5. The summed E-state index contributed by atoms with van der Waals surface area (Å²) in [5.74, 6) is -0.848. The Hall–Kier alpha value is -3.01. The first-order valence-corrected chi connectivity index (χ1v) is 8.96. The molecule has 8 heteroatoms. The van der Waals surface area contributed by atoms with Crippen molar-refractivity contribution in [3.05, 3.63) is 63.6 Å². The number of hydrogen-bond donors (Lipinski definition) is 1. The van der Waals surface area contributed by atoms with Crippen molar-refractivity contribution in [2.45, 2.75) is 6.92 Å². The number of halogens is 2. The molecule has 0 unspecified atom stereocenters. The maximum Gasteiger partial charge on any atom is 0.344 e. The van der Waals surface area contributed by atoms with E-state index < -0.39 is 11.9 Å². The third-order valence-corrected chi connectivity index (χ3v) is 4.25. The van der Waals surface area contributed by atoms with Crippen molar-refractivity contribution in [2.24, 2.45) is 0 Å². The van der Waals surface area contributed by atoms with Gasteiger partial charge in [0.2, 0.25) is 0 Å². The van der Waals surface area contributed by atoms with Gasteiger partial charge in [0.25, 0.3) is 5.91 Å². The van der Waals surface area contributed by atoms with Crippen molar-refractivity contribution in [3.63, 3.8) is 0 Å². The van der Waals surface area contributed by atoms with Crippen LogP contribution in [0, 0.1) is 11.3 Å². The number of para-hydroxylation sites is 1. The van der Waals surface area contributed by atoms with Crippen molar-refractivity contribution in [2.75, 3.05) is 18.5 Å². The van der Waals surface area contributed by atoms with Crippen molar-refractivity contribution in [1.29, 1.82) is 5.26 Å². The van der Waals surface area contributed by atoms with Crippen LogP contribution in [0.25, 0.3) is 6.08 Å². The highest BCUT2D eigenvalue weighted by Crippen LogP contribution is 2.30. The lowest BCUT2D eigenvalue weighted by molar-refractivity contribution is -0.145. The molecular formula is C20H16Cl2N2O4. The number of carbonyl (C=O) groups is 2. The molecule has 6 nitrogen and oxygen atoms in total. The van der Waals surface area contributed by atoms with Crippen LogP contribution in [-0.4, -0.2) is 25.1 Å². The number of anilines is 1. The molecule has 0 aliphatic heterocycles. The van der Waals surface area contributed by atoms with E-state index in [1.54, 1.807) is 49.4 Å². The smallest absolute Gasteiger partial charge is 0.344 e. The molecule has 1 amide bonds. The van der Waals surface area contributed by atoms with E-state index in [0.29, 0.717) is 11.3 Å². The lowest BCUT2D eigenvalue weighted by Crippen LogP contribution is -2.15. The predicted octanol–water partition coefficient (Wildman–Crippen LogP) is 4.48. The number of carbonyl (C=O) groups excluding carboxylic acids is 2. The molecule has 0 aromatic heterocycles. The first kappa shape index (κ1) is 21.3. The Morgan fingerprint density at radius 2 is 1.93 bits per heavy atom. The SMILES string of the molecule is CCOC(=O)COc1ccccc1/C=C(/C#N)C(=O)Nc1cccc(Cl)c1Cl. The number of ether oxygens (including phenoxy) is 2. The van der Waals surface area contributed by atoms with Gasteiger partial charge in [-0.25, -0.2) is 4.79 Å². The van der Waals surface area contributed by atoms with Gasteiger partial charge >= 0.3 is 5.97 Å². The normalized spacial score (nSPS) is 10.7. The summed E-state index contributed by atoms with van der Waals surface area (Å²) in [6, 6.07) is 13.3. The molecule has 2 aromatic carbocycles. The number of rotatable bonds is 7. The first-order valence-electron chi connectivity index (χ1n) is 8.20. The quantitative estimate of drug-likeness (QED) is 0.406. The Bertz CT molecular complexity index is 951. The molecule has 0 aliphatic rings. The van der Waals surface area contributed by atoms with Gasteiger partial charge in [0.1, 0.15) is 17.4 Å². The molecule has 0 bridgehead atoms. The Morgan fingerprint density at radius 3 is 2.64 bits per heavy atom. The van der Waals surface area contributed by atoms with Gasteiger partial charge in [0.15, 0.2) is 6.61 Å². The van der Waals surface area contributed by atoms with E-state index in [4.69, 9.17) is 32.7 Å². The second-order valence-electron chi connectivity index (χ2n) is 5.36. The summed E-state index contributed by atoms with van der Waals surface area (Å²) in [5, 5.41) is 12.4. The monoisotopic (exact) mass is 418 g/mol. The van der Waals surface area contributed by atoms with Crippen LogP contribution >= 0.6 is 23.2 Å². The van der Waals surface area contributed by atoms with Gasteiger partial charge in [-0.2, -0.15) is 5.26 Å². The van der Waals surface area contributed by atoms with Gasteiger partial charge in [-0.1, -0.05) is 47.5 Å². The Morgan fingerprint density at radius 1 is 1.18 bits per heavy atom. The van der Waals surface area contributed by atoms with E-state index in [1.807, 2.05) is 6.07 Å². The number of amides is 1. The molecule has 0 heterocycles. The van der Waals surface area contributed by atoms with Gasteiger partial charge in [-0.05, 0) is 31.2 Å². The largest absolute Gasteiger partial charge is 0.481 e. The van der Waals surface area contributed by atoms with E-state index >= 15 is 0 Å². The molecule has 0 atom stereocenters. The molecular weight excluding hydrogens is 403 g/mol. The van der Waals surface area contributed by atoms with Crippen LogP contribution in [0.2, 0.25) is 10.0 Å². The summed E-state index contributed by atoms with van der Waals surface area (Å²) < 4.78 is 10.2. The maximum atomic E-state index is 12.5. The van der Waals surface area contributed by atoms with Crippen molar-refractivity contribution >= 4 is 46.8 Å². The molecule has 0 saturated carbocycles. The zero-order valence-electron chi connectivity index (χ0n) is 14.9. The van der Waals surface area contributed by atoms with Crippen LogP contribution in [0.3, 0.4) is 0 Å². The fourth-order valence-electron chi connectivity index (χ4n) is 2.16. The lowest BCUT2D eigenvalue weighted by atomic mass is 10.1. The van der Waals surface area contributed by atoms with Crippen LogP contribution < -0.4 is 10.1 Å². The van der Waals surface area contributed by atoms with Crippen LogP contribution in [0.4, 0.5) is 5.69 Å². The Labute approximate surface area is 172 Å². The number of benzene rings is 2. The molecule has 1 N–H and O–H groups in total. The van der Waals surface area contributed by atoms with E-state index in [2.05, 4.69) is 5.32 Å². The van der Waals surface area contributed by atoms with E-state index in [1.165, 1.54) is 6.08 Å². The Kier molecular flexibility index (Phi) is 7.88.